The molecule has 0 unspecified atom stereocenters. The predicted molar refractivity (Wildman–Crippen MR) is 166 cm³/mol. The minimum atomic E-state index is -1.62. The van der Waals surface area contributed by atoms with E-state index in [0.29, 0.717) is 41.3 Å². The topological polar surface area (TPSA) is 141 Å². The molecule has 1 atom stereocenters. The Morgan fingerprint density at radius 2 is 1.96 bits per heavy atom. The van der Waals surface area contributed by atoms with Crippen molar-refractivity contribution in [2.24, 2.45) is 11.7 Å². The molecule has 2 aliphatic carbocycles. The Morgan fingerprint density at radius 3 is 2.58 bits per heavy atom. The third-order valence-electron chi connectivity index (χ3n) is 8.65. The van der Waals surface area contributed by atoms with E-state index in [0.717, 1.165) is 30.5 Å². The molecule has 10 nitrogen and oxygen atoms in total. The molecule has 2 fully saturated rings. The summed E-state index contributed by atoms with van der Waals surface area (Å²) < 4.78 is 27.7. The first-order chi connectivity index (χ1) is 21.6. The Bertz CT molecular complexity index is 1790. The molecule has 3 aromatic heterocycles. The monoisotopic (exact) mass is 635 g/mol. The molecular weight excluding hydrogens is 601 g/mol. The highest BCUT2D eigenvalue weighted by molar-refractivity contribution is 6.30. The van der Waals surface area contributed by atoms with Crippen molar-refractivity contribution in [3.8, 4) is 22.9 Å². The van der Waals surface area contributed by atoms with Crippen molar-refractivity contribution < 1.29 is 28.6 Å². The number of carbonyl (C=O) groups is 2. The number of hydrogen-bond donors (Lipinski definition) is 3. The average Bonchev–Trinajstić information content (AvgIpc) is 3.74. The van der Waals surface area contributed by atoms with Crippen LogP contribution in [-0.4, -0.2) is 51.8 Å². The van der Waals surface area contributed by atoms with Gasteiger partial charge in [0.25, 0.3) is 5.91 Å². The zero-order valence-electron chi connectivity index (χ0n) is 25.1. The van der Waals surface area contributed by atoms with Crippen molar-refractivity contribution in [2.45, 2.75) is 57.0 Å². The van der Waals surface area contributed by atoms with E-state index in [1.165, 1.54) is 19.2 Å². The number of fused-ring (bicyclic) bond motifs is 1. The highest BCUT2D eigenvalue weighted by Crippen LogP contribution is 2.44. The van der Waals surface area contributed by atoms with Gasteiger partial charge in [0, 0.05) is 28.7 Å². The number of rotatable bonds is 12. The van der Waals surface area contributed by atoms with Gasteiger partial charge in [-0.15, -0.1) is 0 Å². The molecule has 1 aromatic carbocycles. The maximum atomic E-state index is 14.6. The largest absolute Gasteiger partial charge is 0.491 e. The van der Waals surface area contributed by atoms with Crippen LogP contribution in [0, 0.1) is 11.7 Å². The first-order valence-electron chi connectivity index (χ1n) is 15.1. The van der Waals surface area contributed by atoms with E-state index >= 15 is 0 Å². The van der Waals surface area contributed by atoms with Crippen LogP contribution in [0.25, 0.3) is 16.8 Å². The van der Waals surface area contributed by atoms with Crippen molar-refractivity contribution in [2.75, 3.05) is 20.3 Å². The number of amides is 2. The van der Waals surface area contributed by atoms with E-state index in [4.69, 9.17) is 31.8 Å². The number of nitrogens with two attached hydrogens (primary N) is 1. The average molecular weight is 636 g/mol. The molecule has 0 saturated heterocycles. The Labute approximate surface area is 264 Å². The minimum Gasteiger partial charge on any atom is -0.491 e. The van der Waals surface area contributed by atoms with Gasteiger partial charge in [0.1, 0.15) is 22.9 Å². The molecule has 2 aliphatic rings. The van der Waals surface area contributed by atoms with Gasteiger partial charge in [-0.1, -0.05) is 24.1 Å². The fourth-order valence-electron chi connectivity index (χ4n) is 5.86. The highest BCUT2D eigenvalue weighted by Gasteiger charge is 2.44. The van der Waals surface area contributed by atoms with Gasteiger partial charge < -0.3 is 25.6 Å². The second-order valence-electron chi connectivity index (χ2n) is 11.8. The SMILES string of the molecule is CCOc1c(CC(N)=O)cc([C@@](O)(CNC(=O)c2cc(OC)n3nc(C4CC4)cc3c2)C2CCC2)nc1-c1ccc(Cl)c(F)c1. The summed E-state index contributed by atoms with van der Waals surface area (Å²) in [4.78, 5) is 30.5. The van der Waals surface area contributed by atoms with E-state index in [-0.39, 0.29) is 47.7 Å². The lowest BCUT2D eigenvalue weighted by Crippen LogP contribution is -2.49. The number of primary amides is 1. The van der Waals surface area contributed by atoms with Crippen molar-refractivity contribution in [3.05, 3.63) is 75.8 Å². The van der Waals surface area contributed by atoms with E-state index in [2.05, 4.69) is 10.4 Å². The smallest absolute Gasteiger partial charge is 0.251 e. The summed E-state index contributed by atoms with van der Waals surface area (Å²) >= 11 is 5.95. The van der Waals surface area contributed by atoms with Crippen LogP contribution < -0.4 is 20.5 Å². The fraction of sp³-hybridized carbons (Fsp3) is 0.394. The number of methoxy groups -OCH3 is 1. The molecule has 0 aliphatic heterocycles. The summed E-state index contributed by atoms with van der Waals surface area (Å²) in [7, 11) is 1.52. The van der Waals surface area contributed by atoms with Crippen LogP contribution in [0.4, 0.5) is 4.39 Å². The van der Waals surface area contributed by atoms with Crippen molar-refractivity contribution >= 4 is 28.9 Å². The molecule has 4 N–H and O–H groups in total. The lowest BCUT2D eigenvalue weighted by molar-refractivity contribution is -0.117. The van der Waals surface area contributed by atoms with Gasteiger partial charge in [-0.25, -0.2) is 13.9 Å². The molecule has 2 saturated carbocycles. The molecule has 0 bridgehead atoms. The standard InChI is InChI=1S/C33H35ClFN5O5/c1-3-45-31-20(14-28(36)41)13-27(38-30(31)19-9-10-24(34)25(35)12-19)33(43,22-5-4-6-22)17-37-32(42)21-11-23-16-26(18-7-8-18)39-40(23)29(15-21)44-2/h9-13,15-16,18,22,43H,3-8,14,17H2,1-2H3,(H2,36,41)(H,37,42)/t33-/m1/s1. The summed E-state index contributed by atoms with van der Waals surface area (Å²) in [5, 5.41) is 19.8. The van der Waals surface area contributed by atoms with Gasteiger partial charge in [0.05, 0.1) is 48.6 Å². The van der Waals surface area contributed by atoms with Gasteiger partial charge in [-0.2, -0.15) is 5.10 Å². The molecule has 12 heteroatoms. The number of aliphatic hydroxyl groups is 1. The molecule has 2 amide bonds. The molecular formula is C33H35ClFN5O5. The third kappa shape index (κ3) is 6.06. The van der Waals surface area contributed by atoms with Crippen LogP contribution in [0.3, 0.4) is 0 Å². The molecule has 4 aromatic rings. The zero-order chi connectivity index (χ0) is 31.9. The van der Waals surface area contributed by atoms with E-state index in [1.807, 2.05) is 6.07 Å². The number of nitrogens with zero attached hydrogens (tertiary/aromatic N) is 3. The maximum Gasteiger partial charge on any atom is 0.251 e. The molecule has 3 heterocycles. The normalized spacial score (nSPS) is 16.2. The Kier molecular flexibility index (Phi) is 8.41. The summed E-state index contributed by atoms with van der Waals surface area (Å²) in [5.41, 5.74) is 7.22. The van der Waals surface area contributed by atoms with Gasteiger partial charge >= 0.3 is 0 Å². The number of nitrogens with one attached hydrogen (secondary N) is 1. The third-order valence-corrected chi connectivity index (χ3v) is 8.96. The Morgan fingerprint density at radius 1 is 1.18 bits per heavy atom. The van der Waals surface area contributed by atoms with Crippen LogP contribution in [0.2, 0.25) is 5.02 Å². The Hall–Kier alpha value is -4.22. The van der Waals surface area contributed by atoms with Gasteiger partial charge in [-0.3, -0.25) is 9.59 Å². The zero-order valence-corrected chi connectivity index (χ0v) is 25.9. The van der Waals surface area contributed by atoms with Crippen LogP contribution in [0.1, 0.15) is 72.3 Å². The number of carbonyl (C=O) groups excluding carboxylic acids is 2. The molecule has 236 valence electrons. The number of pyridine rings is 2. The predicted octanol–water partition coefficient (Wildman–Crippen LogP) is 4.92. The van der Waals surface area contributed by atoms with Crippen LogP contribution in [0.5, 0.6) is 11.6 Å². The van der Waals surface area contributed by atoms with Crippen LogP contribution >= 0.6 is 11.6 Å². The fourth-order valence-corrected chi connectivity index (χ4v) is 5.98. The summed E-state index contributed by atoms with van der Waals surface area (Å²) in [6.45, 7) is 1.85. The summed E-state index contributed by atoms with van der Waals surface area (Å²) in [6.07, 6.45) is 4.30. The lowest BCUT2D eigenvalue weighted by atomic mass is 9.70. The summed E-state index contributed by atoms with van der Waals surface area (Å²) in [5.74, 6) is -0.804. The van der Waals surface area contributed by atoms with Gasteiger partial charge in [-0.05, 0) is 68.9 Å². The number of hydrogen-bond acceptors (Lipinski definition) is 7. The van der Waals surface area contributed by atoms with E-state index in [9.17, 15) is 19.1 Å². The number of halogens is 2. The van der Waals surface area contributed by atoms with E-state index < -0.39 is 23.2 Å². The molecule has 0 spiro atoms. The number of ether oxygens (including phenoxy) is 2. The van der Waals surface area contributed by atoms with Crippen molar-refractivity contribution in [1.82, 2.24) is 19.9 Å². The van der Waals surface area contributed by atoms with Gasteiger partial charge in [0.2, 0.25) is 11.8 Å². The highest BCUT2D eigenvalue weighted by atomic mass is 35.5. The van der Waals surface area contributed by atoms with Crippen molar-refractivity contribution in [1.29, 1.82) is 0 Å². The Balaban J connectivity index is 1.38. The van der Waals surface area contributed by atoms with Gasteiger partial charge in [0.15, 0.2) is 0 Å². The lowest BCUT2D eigenvalue weighted by Gasteiger charge is -2.41. The van der Waals surface area contributed by atoms with E-state index in [1.54, 1.807) is 35.7 Å². The first-order valence-corrected chi connectivity index (χ1v) is 15.5. The van der Waals surface area contributed by atoms with Crippen LogP contribution in [-0.2, 0) is 16.8 Å². The summed E-state index contributed by atoms with van der Waals surface area (Å²) in [6, 6.07) is 11.1. The van der Waals surface area contributed by atoms with Crippen LogP contribution in [0.15, 0.2) is 42.5 Å². The molecule has 45 heavy (non-hydrogen) atoms. The number of benzene rings is 1. The first kappa shape index (κ1) is 30.8. The quantitative estimate of drug-likeness (QED) is 0.201. The number of aromatic nitrogens is 3. The maximum absolute atomic E-state index is 14.6. The molecule has 6 rings (SSSR count). The minimum absolute atomic E-state index is 0.0616. The second-order valence-corrected chi connectivity index (χ2v) is 12.2. The second kappa shape index (κ2) is 12.3. The molecule has 0 radical (unpaired) electrons. The van der Waals surface area contributed by atoms with Crippen molar-refractivity contribution in [3.63, 3.8) is 0 Å².